The first-order valence-electron chi connectivity index (χ1n) is 3.09. The molecule has 0 atom stereocenters. The zero-order valence-electron chi connectivity index (χ0n) is 6.47. The van der Waals surface area contributed by atoms with Crippen molar-refractivity contribution in [3.8, 4) is 0 Å². The normalized spacial score (nSPS) is 8.92. The Morgan fingerprint density at radius 3 is 2.58 bits per heavy atom. The van der Waals surface area contributed by atoms with Gasteiger partial charge in [0.05, 0.1) is 0 Å². The second-order valence-electron chi connectivity index (χ2n) is 2.03. The smallest absolute Gasteiger partial charge is 0.423 e. The fourth-order valence-electron chi connectivity index (χ4n) is 0.688. The summed E-state index contributed by atoms with van der Waals surface area (Å²) >= 11 is 1.52. The summed E-state index contributed by atoms with van der Waals surface area (Å²) in [7, 11) is -1.42. The average Bonchev–Trinajstić information content (AvgIpc) is 2.05. The van der Waals surface area contributed by atoms with Gasteiger partial charge in [0, 0.05) is 22.8 Å². The highest BCUT2D eigenvalue weighted by molar-refractivity contribution is 7.98. The standard InChI is InChI=1S/C6H8BNO2S.ClH/c1-11-6-2-5(7(9)10)3-8-4-6;/h2-4,9-10H,1H3;1H. The summed E-state index contributed by atoms with van der Waals surface area (Å²) in [4.78, 5) is 4.76. The van der Waals surface area contributed by atoms with E-state index in [1.54, 1.807) is 12.3 Å². The van der Waals surface area contributed by atoms with Crippen LogP contribution in [0.15, 0.2) is 23.4 Å². The molecule has 0 aromatic carbocycles. The molecule has 0 amide bonds. The van der Waals surface area contributed by atoms with Crippen LogP contribution >= 0.6 is 24.2 Å². The molecule has 0 saturated heterocycles. The largest absolute Gasteiger partial charge is 0.490 e. The van der Waals surface area contributed by atoms with E-state index in [0.717, 1.165) is 4.90 Å². The van der Waals surface area contributed by atoms with Crippen LogP contribution in [0.4, 0.5) is 0 Å². The minimum absolute atomic E-state index is 0. The van der Waals surface area contributed by atoms with Crippen molar-refractivity contribution in [2.75, 3.05) is 6.26 Å². The summed E-state index contributed by atoms with van der Waals surface area (Å²) in [5.74, 6) is 0. The third-order valence-electron chi connectivity index (χ3n) is 1.27. The Kier molecular flexibility index (Phi) is 5.32. The monoisotopic (exact) mass is 205 g/mol. The predicted molar refractivity (Wildman–Crippen MR) is 53.1 cm³/mol. The third kappa shape index (κ3) is 3.02. The number of thioether (sulfide) groups is 1. The van der Waals surface area contributed by atoms with Crippen molar-refractivity contribution in [1.29, 1.82) is 0 Å². The van der Waals surface area contributed by atoms with Gasteiger partial charge in [-0.2, -0.15) is 0 Å². The van der Waals surface area contributed by atoms with E-state index in [2.05, 4.69) is 4.98 Å². The topological polar surface area (TPSA) is 53.4 Å². The second-order valence-corrected chi connectivity index (χ2v) is 2.91. The molecular formula is C6H9BClNO2S. The van der Waals surface area contributed by atoms with E-state index in [-0.39, 0.29) is 12.4 Å². The average molecular weight is 205 g/mol. The van der Waals surface area contributed by atoms with Crippen LogP contribution in [-0.4, -0.2) is 28.4 Å². The maximum atomic E-state index is 8.75. The summed E-state index contributed by atoms with van der Waals surface area (Å²) in [6, 6.07) is 1.70. The predicted octanol–water partition coefficient (Wildman–Crippen LogP) is -0.0949. The Labute approximate surface area is 81.8 Å². The molecule has 0 unspecified atom stereocenters. The summed E-state index contributed by atoms with van der Waals surface area (Å²) in [6.45, 7) is 0. The van der Waals surface area contributed by atoms with Crippen LogP contribution in [0.25, 0.3) is 0 Å². The number of nitrogens with zero attached hydrogens (tertiary/aromatic N) is 1. The van der Waals surface area contributed by atoms with Gasteiger partial charge in [-0.25, -0.2) is 0 Å². The number of rotatable bonds is 2. The molecule has 0 aliphatic carbocycles. The van der Waals surface area contributed by atoms with Gasteiger partial charge in [-0.1, -0.05) is 0 Å². The molecule has 0 spiro atoms. The summed E-state index contributed by atoms with van der Waals surface area (Å²) in [5, 5.41) is 17.5. The SMILES string of the molecule is CSc1cncc(B(O)O)c1.Cl. The molecule has 0 aliphatic heterocycles. The molecule has 2 N–H and O–H groups in total. The van der Waals surface area contributed by atoms with Crippen molar-refractivity contribution >= 4 is 36.8 Å². The van der Waals surface area contributed by atoms with Gasteiger partial charge in [-0.05, 0) is 12.3 Å². The molecule has 1 heterocycles. The van der Waals surface area contributed by atoms with Crippen molar-refractivity contribution in [1.82, 2.24) is 4.98 Å². The van der Waals surface area contributed by atoms with Gasteiger partial charge in [0.1, 0.15) is 0 Å². The zero-order chi connectivity index (χ0) is 8.27. The van der Waals surface area contributed by atoms with E-state index in [9.17, 15) is 0 Å². The van der Waals surface area contributed by atoms with Crippen LogP contribution in [0.1, 0.15) is 0 Å². The van der Waals surface area contributed by atoms with Crippen molar-refractivity contribution in [2.24, 2.45) is 0 Å². The van der Waals surface area contributed by atoms with Gasteiger partial charge in [0.15, 0.2) is 0 Å². The summed E-state index contributed by atoms with van der Waals surface area (Å²) in [5.41, 5.74) is 0.428. The zero-order valence-corrected chi connectivity index (χ0v) is 8.10. The van der Waals surface area contributed by atoms with Crippen molar-refractivity contribution < 1.29 is 10.0 Å². The molecule has 1 aromatic rings. The Hall–Kier alpha value is -0.225. The van der Waals surface area contributed by atoms with E-state index < -0.39 is 7.12 Å². The van der Waals surface area contributed by atoms with Crippen molar-refractivity contribution in [3.63, 3.8) is 0 Å². The van der Waals surface area contributed by atoms with E-state index >= 15 is 0 Å². The minimum atomic E-state index is -1.42. The number of halogens is 1. The Morgan fingerprint density at radius 2 is 2.08 bits per heavy atom. The Balaban J connectivity index is 0.00000121. The number of hydrogen-bond acceptors (Lipinski definition) is 4. The molecule has 0 radical (unpaired) electrons. The third-order valence-corrected chi connectivity index (χ3v) is 1.96. The molecule has 1 aromatic heterocycles. The highest BCUT2D eigenvalue weighted by Crippen LogP contribution is 2.09. The lowest BCUT2D eigenvalue weighted by Gasteiger charge is -1.99. The van der Waals surface area contributed by atoms with Crippen LogP contribution in [0.3, 0.4) is 0 Å². The molecular weight excluding hydrogens is 196 g/mol. The lowest BCUT2D eigenvalue weighted by atomic mass is 9.82. The van der Waals surface area contributed by atoms with Gasteiger partial charge in [0.2, 0.25) is 0 Å². The van der Waals surface area contributed by atoms with Gasteiger partial charge in [0.25, 0.3) is 0 Å². The highest BCUT2D eigenvalue weighted by atomic mass is 35.5. The van der Waals surface area contributed by atoms with E-state index in [1.807, 2.05) is 6.26 Å². The second kappa shape index (κ2) is 5.43. The Bertz CT molecular complexity index is 249. The Morgan fingerprint density at radius 1 is 1.42 bits per heavy atom. The van der Waals surface area contributed by atoms with Gasteiger partial charge >= 0.3 is 7.12 Å². The molecule has 0 bridgehead atoms. The molecule has 12 heavy (non-hydrogen) atoms. The highest BCUT2D eigenvalue weighted by Gasteiger charge is 2.10. The fraction of sp³-hybridized carbons (Fsp3) is 0.167. The van der Waals surface area contributed by atoms with Crippen LogP contribution in [0, 0.1) is 0 Å². The number of pyridine rings is 1. The molecule has 1 rings (SSSR count). The van der Waals surface area contributed by atoms with Crippen molar-refractivity contribution in [2.45, 2.75) is 4.90 Å². The van der Waals surface area contributed by atoms with E-state index in [4.69, 9.17) is 10.0 Å². The maximum absolute atomic E-state index is 8.75. The van der Waals surface area contributed by atoms with Gasteiger partial charge in [-0.3, -0.25) is 4.98 Å². The lowest BCUT2D eigenvalue weighted by molar-refractivity contribution is 0.425. The van der Waals surface area contributed by atoms with Gasteiger partial charge in [-0.15, -0.1) is 24.2 Å². The van der Waals surface area contributed by atoms with Crippen LogP contribution in [0.5, 0.6) is 0 Å². The molecule has 66 valence electrons. The molecule has 6 heteroatoms. The molecule has 3 nitrogen and oxygen atoms in total. The van der Waals surface area contributed by atoms with E-state index in [1.165, 1.54) is 18.0 Å². The molecule has 0 fully saturated rings. The van der Waals surface area contributed by atoms with Crippen LogP contribution < -0.4 is 5.46 Å². The van der Waals surface area contributed by atoms with Crippen LogP contribution in [0.2, 0.25) is 0 Å². The van der Waals surface area contributed by atoms with Crippen LogP contribution in [-0.2, 0) is 0 Å². The first-order chi connectivity index (χ1) is 5.24. The molecule has 0 saturated carbocycles. The van der Waals surface area contributed by atoms with E-state index in [0.29, 0.717) is 5.46 Å². The number of hydrogen-bond donors (Lipinski definition) is 2. The van der Waals surface area contributed by atoms with Gasteiger partial charge < -0.3 is 10.0 Å². The van der Waals surface area contributed by atoms with Crippen molar-refractivity contribution in [3.05, 3.63) is 18.5 Å². The summed E-state index contributed by atoms with van der Waals surface area (Å²) in [6.07, 6.45) is 5.02. The summed E-state index contributed by atoms with van der Waals surface area (Å²) < 4.78 is 0. The first kappa shape index (κ1) is 11.8. The first-order valence-corrected chi connectivity index (χ1v) is 4.31. The minimum Gasteiger partial charge on any atom is -0.423 e. The molecule has 0 aliphatic rings. The lowest BCUT2D eigenvalue weighted by Crippen LogP contribution is -2.30. The number of aromatic nitrogens is 1. The quantitative estimate of drug-likeness (QED) is 0.523. The maximum Gasteiger partial charge on any atom is 0.490 e. The fourth-order valence-corrected chi connectivity index (χ4v) is 1.11.